The molecule has 0 heterocycles. The molecule has 0 saturated carbocycles. The number of hydrogen-bond acceptors (Lipinski definition) is 4. The van der Waals surface area contributed by atoms with Gasteiger partial charge in [0.05, 0.1) is 18.8 Å². The van der Waals surface area contributed by atoms with Crippen molar-refractivity contribution in [1.29, 1.82) is 0 Å². The Labute approximate surface area is 176 Å². The predicted octanol–water partition coefficient (Wildman–Crippen LogP) is 4.13. The monoisotopic (exact) mass is 406 g/mol. The summed E-state index contributed by atoms with van der Waals surface area (Å²) in [4.78, 5) is 25.3. The van der Waals surface area contributed by atoms with Gasteiger partial charge in [0.15, 0.2) is 0 Å². The number of aliphatic hydroxyl groups is 1. The third-order valence-electron chi connectivity index (χ3n) is 4.29. The molecular weight excluding hydrogens is 380 g/mol. The standard InChI is InChI=1S/C24H26N2O4/c1-5-6-7-22(24(29)26-20-12-14-21(30-4)15-13-20)16(2)25-23(28)19-10-8-18(9-11-19)17(3)27/h5-15,17,27H,2H2,1,3-4H3,(H,25,28)(H,26,29)/b6-5-,22-7+. The Hall–Kier alpha value is -3.64. The lowest BCUT2D eigenvalue weighted by Gasteiger charge is -2.13. The molecule has 0 saturated heterocycles. The second-order valence-electron chi connectivity index (χ2n) is 6.52. The maximum atomic E-state index is 12.8. The topological polar surface area (TPSA) is 87.7 Å². The Morgan fingerprint density at radius 1 is 1.10 bits per heavy atom. The molecule has 1 atom stereocenters. The molecule has 6 heteroatoms. The van der Waals surface area contributed by atoms with Crippen LogP contribution in [0.5, 0.6) is 5.75 Å². The summed E-state index contributed by atoms with van der Waals surface area (Å²) in [5.74, 6) is -0.134. The summed E-state index contributed by atoms with van der Waals surface area (Å²) in [7, 11) is 1.57. The highest BCUT2D eigenvalue weighted by Crippen LogP contribution is 2.18. The first-order chi connectivity index (χ1) is 14.3. The average molecular weight is 406 g/mol. The third kappa shape index (κ3) is 6.18. The van der Waals surface area contributed by atoms with Crippen molar-refractivity contribution in [2.24, 2.45) is 0 Å². The van der Waals surface area contributed by atoms with Crippen molar-refractivity contribution in [1.82, 2.24) is 5.32 Å². The lowest BCUT2D eigenvalue weighted by molar-refractivity contribution is -0.112. The Bertz CT molecular complexity index is 956. The Kier molecular flexibility index (Phi) is 8.14. The number of amides is 2. The molecule has 3 N–H and O–H groups in total. The number of carbonyl (C=O) groups excluding carboxylic acids is 2. The zero-order valence-electron chi connectivity index (χ0n) is 17.3. The largest absolute Gasteiger partial charge is 0.497 e. The van der Waals surface area contributed by atoms with Crippen LogP contribution in [0.4, 0.5) is 5.69 Å². The summed E-state index contributed by atoms with van der Waals surface area (Å²) in [6, 6.07) is 13.5. The minimum absolute atomic E-state index is 0.170. The first-order valence-electron chi connectivity index (χ1n) is 9.42. The fourth-order valence-electron chi connectivity index (χ4n) is 2.57. The van der Waals surface area contributed by atoms with E-state index in [1.807, 2.05) is 6.92 Å². The van der Waals surface area contributed by atoms with Gasteiger partial charge >= 0.3 is 0 Å². The van der Waals surface area contributed by atoms with Crippen LogP contribution in [0.2, 0.25) is 0 Å². The van der Waals surface area contributed by atoms with Crippen LogP contribution in [0.3, 0.4) is 0 Å². The molecule has 0 aliphatic rings. The highest BCUT2D eigenvalue weighted by molar-refractivity contribution is 6.08. The molecule has 0 aliphatic carbocycles. The molecule has 0 radical (unpaired) electrons. The number of nitrogens with one attached hydrogen (secondary N) is 2. The average Bonchev–Trinajstić information content (AvgIpc) is 2.74. The van der Waals surface area contributed by atoms with Crippen molar-refractivity contribution in [3.63, 3.8) is 0 Å². The summed E-state index contributed by atoms with van der Waals surface area (Å²) in [5.41, 5.74) is 2.07. The number of aliphatic hydroxyl groups excluding tert-OH is 1. The van der Waals surface area contributed by atoms with Crippen molar-refractivity contribution < 1.29 is 19.4 Å². The van der Waals surface area contributed by atoms with Crippen LogP contribution in [0.25, 0.3) is 0 Å². The quantitative estimate of drug-likeness (QED) is 0.454. The van der Waals surface area contributed by atoms with Gasteiger partial charge in [-0.1, -0.05) is 30.9 Å². The van der Waals surface area contributed by atoms with E-state index in [-0.39, 0.29) is 11.3 Å². The van der Waals surface area contributed by atoms with Gasteiger partial charge in [-0.25, -0.2) is 0 Å². The Morgan fingerprint density at radius 3 is 2.27 bits per heavy atom. The van der Waals surface area contributed by atoms with E-state index in [0.29, 0.717) is 22.6 Å². The van der Waals surface area contributed by atoms with E-state index in [0.717, 1.165) is 0 Å². The fourth-order valence-corrected chi connectivity index (χ4v) is 2.57. The van der Waals surface area contributed by atoms with Gasteiger partial charge in [0.25, 0.3) is 11.8 Å². The van der Waals surface area contributed by atoms with Gasteiger partial charge in [-0.05, 0) is 61.9 Å². The van der Waals surface area contributed by atoms with Gasteiger partial charge in [0, 0.05) is 16.9 Å². The van der Waals surface area contributed by atoms with Crippen LogP contribution in [0, 0.1) is 0 Å². The number of hydrogen-bond donors (Lipinski definition) is 3. The summed E-state index contributed by atoms with van der Waals surface area (Å²) < 4.78 is 5.11. The maximum absolute atomic E-state index is 12.8. The van der Waals surface area contributed by atoms with Crippen LogP contribution in [-0.4, -0.2) is 24.0 Å². The highest BCUT2D eigenvalue weighted by Gasteiger charge is 2.16. The number of benzene rings is 2. The van der Waals surface area contributed by atoms with E-state index in [1.165, 1.54) is 0 Å². The van der Waals surface area contributed by atoms with E-state index in [2.05, 4.69) is 17.2 Å². The van der Waals surface area contributed by atoms with Crippen molar-refractivity contribution in [2.75, 3.05) is 12.4 Å². The third-order valence-corrected chi connectivity index (χ3v) is 4.29. The lowest BCUT2D eigenvalue weighted by atomic mass is 10.1. The number of anilines is 1. The van der Waals surface area contributed by atoms with Crippen LogP contribution in [-0.2, 0) is 4.79 Å². The molecule has 0 aromatic heterocycles. The summed E-state index contributed by atoms with van der Waals surface area (Å²) >= 11 is 0. The molecule has 156 valence electrons. The molecule has 0 bridgehead atoms. The van der Waals surface area contributed by atoms with Crippen LogP contribution in [0.15, 0.2) is 84.6 Å². The SMILES string of the molecule is C=C(NC(=O)c1ccc(C(C)O)cc1)/C(=C\C=C/C)C(=O)Nc1ccc(OC)cc1. The van der Waals surface area contributed by atoms with Gasteiger partial charge in [0.1, 0.15) is 5.75 Å². The van der Waals surface area contributed by atoms with Gasteiger partial charge < -0.3 is 20.5 Å². The first kappa shape index (κ1) is 22.6. The van der Waals surface area contributed by atoms with Crippen LogP contribution >= 0.6 is 0 Å². The second-order valence-corrected chi connectivity index (χ2v) is 6.52. The van der Waals surface area contributed by atoms with E-state index in [4.69, 9.17) is 4.74 Å². The zero-order valence-corrected chi connectivity index (χ0v) is 17.3. The van der Waals surface area contributed by atoms with Crippen LogP contribution < -0.4 is 15.4 Å². The number of carbonyl (C=O) groups is 2. The van der Waals surface area contributed by atoms with Gasteiger partial charge in [-0.3, -0.25) is 9.59 Å². The lowest BCUT2D eigenvalue weighted by Crippen LogP contribution is -2.27. The number of methoxy groups -OCH3 is 1. The molecule has 6 nitrogen and oxygen atoms in total. The van der Waals surface area contributed by atoms with Crippen molar-refractivity contribution in [3.8, 4) is 5.75 Å². The summed E-state index contributed by atoms with van der Waals surface area (Å²) in [6.45, 7) is 7.32. The number of ether oxygens (including phenoxy) is 1. The van der Waals surface area contributed by atoms with E-state index in [1.54, 1.807) is 80.8 Å². The van der Waals surface area contributed by atoms with Crippen molar-refractivity contribution in [3.05, 3.63) is 95.7 Å². The second kappa shape index (κ2) is 10.8. The highest BCUT2D eigenvalue weighted by atomic mass is 16.5. The molecule has 0 spiro atoms. The molecular formula is C24H26N2O4. The molecule has 2 rings (SSSR count). The summed E-state index contributed by atoms with van der Waals surface area (Å²) in [5, 5.41) is 15.0. The van der Waals surface area contributed by atoms with Crippen molar-refractivity contribution in [2.45, 2.75) is 20.0 Å². The van der Waals surface area contributed by atoms with Crippen molar-refractivity contribution >= 4 is 17.5 Å². The molecule has 0 aliphatic heterocycles. The maximum Gasteiger partial charge on any atom is 0.257 e. The van der Waals surface area contributed by atoms with Crippen LogP contribution in [0.1, 0.15) is 35.9 Å². The van der Waals surface area contributed by atoms with E-state index < -0.39 is 17.9 Å². The molecule has 30 heavy (non-hydrogen) atoms. The molecule has 2 aromatic carbocycles. The number of allylic oxidation sites excluding steroid dienone is 3. The van der Waals surface area contributed by atoms with Gasteiger partial charge in [-0.2, -0.15) is 0 Å². The molecule has 2 amide bonds. The fraction of sp³-hybridized carbons (Fsp3) is 0.167. The molecule has 0 fully saturated rings. The molecule has 1 unspecified atom stereocenters. The Morgan fingerprint density at radius 2 is 1.73 bits per heavy atom. The predicted molar refractivity (Wildman–Crippen MR) is 118 cm³/mol. The van der Waals surface area contributed by atoms with Gasteiger partial charge in [0.2, 0.25) is 0 Å². The number of rotatable bonds is 8. The van der Waals surface area contributed by atoms with E-state index >= 15 is 0 Å². The van der Waals surface area contributed by atoms with Gasteiger partial charge in [-0.15, -0.1) is 0 Å². The minimum atomic E-state index is -0.617. The normalized spacial score (nSPS) is 12.3. The smallest absolute Gasteiger partial charge is 0.257 e. The minimum Gasteiger partial charge on any atom is -0.497 e. The summed E-state index contributed by atoms with van der Waals surface area (Å²) in [6.07, 6.45) is 4.43. The Balaban J connectivity index is 2.13. The van der Waals surface area contributed by atoms with E-state index in [9.17, 15) is 14.7 Å². The molecule has 2 aromatic rings. The zero-order chi connectivity index (χ0) is 22.1. The first-order valence-corrected chi connectivity index (χ1v) is 9.42.